The number of rotatable bonds is 3. The molecule has 0 aliphatic carbocycles. The summed E-state index contributed by atoms with van der Waals surface area (Å²) in [5.41, 5.74) is 5.33. The van der Waals surface area contributed by atoms with Gasteiger partial charge in [0.05, 0.1) is 16.4 Å². The number of nitrogens with zero attached hydrogens (tertiary/aromatic N) is 2. The number of carbonyl (C=O) groups is 2. The summed E-state index contributed by atoms with van der Waals surface area (Å²) in [6.45, 7) is 2.36. The molecule has 8 heteroatoms. The number of carboxylic acid groups (broad SMARTS) is 1. The van der Waals surface area contributed by atoms with Gasteiger partial charge in [0, 0.05) is 19.2 Å². The minimum absolute atomic E-state index is 0.0789. The van der Waals surface area contributed by atoms with Crippen molar-refractivity contribution in [3.63, 3.8) is 0 Å². The van der Waals surface area contributed by atoms with Crippen molar-refractivity contribution in [3.05, 3.63) is 33.9 Å². The summed E-state index contributed by atoms with van der Waals surface area (Å²) >= 11 is 0. The Bertz CT molecular complexity index is 631. The number of carboxylic acids is 1. The summed E-state index contributed by atoms with van der Waals surface area (Å²) in [4.78, 5) is 35.3. The highest BCUT2D eigenvalue weighted by Gasteiger charge is 2.34. The van der Waals surface area contributed by atoms with E-state index in [2.05, 4.69) is 0 Å². The maximum atomic E-state index is 12.5. The number of amides is 1. The Hall–Kier alpha value is -2.64. The van der Waals surface area contributed by atoms with Crippen molar-refractivity contribution in [3.8, 4) is 0 Å². The van der Waals surface area contributed by atoms with Crippen molar-refractivity contribution in [2.75, 3.05) is 18.8 Å². The van der Waals surface area contributed by atoms with Crippen LogP contribution >= 0.6 is 0 Å². The van der Waals surface area contributed by atoms with E-state index in [0.717, 1.165) is 0 Å². The number of anilines is 1. The molecule has 1 aliphatic rings. The quantitative estimate of drug-likeness (QED) is 0.493. The van der Waals surface area contributed by atoms with Gasteiger partial charge in [-0.1, -0.05) is 13.0 Å². The number of aliphatic carboxylic acids is 1. The van der Waals surface area contributed by atoms with E-state index in [0.29, 0.717) is 13.0 Å². The Morgan fingerprint density at radius 3 is 2.68 bits per heavy atom. The third-order valence-corrected chi connectivity index (χ3v) is 4.02. The number of nitro benzene ring substituents is 1. The molecule has 2 rings (SSSR count). The largest absolute Gasteiger partial charge is 0.481 e. The van der Waals surface area contributed by atoms with Crippen molar-refractivity contribution in [1.29, 1.82) is 0 Å². The van der Waals surface area contributed by atoms with Gasteiger partial charge in [-0.05, 0) is 18.4 Å². The molecule has 0 spiro atoms. The lowest BCUT2D eigenvalue weighted by atomic mass is 9.86. The summed E-state index contributed by atoms with van der Waals surface area (Å²) in [6.07, 6.45) is 0.358. The van der Waals surface area contributed by atoms with E-state index in [1.165, 1.54) is 23.1 Å². The Balaban J connectivity index is 2.22. The zero-order valence-corrected chi connectivity index (χ0v) is 12.1. The average Bonchev–Trinajstić information content (AvgIpc) is 2.46. The molecule has 2 atom stereocenters. The summed E-state index contributed by atoms with van der Waals surface area (Å²) in [7, 11) is 0. The first-order valence-electron chi connectivity index (χ1n) is 6.88. The Labute approximate surface area is 126 Å². The van der Waals surface area contributed by atoms with Crippen molar-refractivity contribution in [2.24, 2.45) is 11.8 Å². The second-order valence-corrected chi connectivity index (χ2v) is 5.46. The average molecular weight is 307 g/mol. The molecule has 0 bridgehead atoms. The number of hydrogen-bond donors (Lipinski definition) is 2. The monoisotopic (exact) mass is 307 g/mol. The fraction of sp³-hybridized carbons (Fsp3) is 0.429. The molecular formula is C14H17N3O5. The molecule has 1 amide bonds. The number of nitrogen functional groups attached to an aromatic ring is 1. The van der Waals surface area contributed by atoms with Crippen molar-refractivity contribution < 1.29 is 19.6 Å². The maximum absolute atomic E-state index is 12.5. The topological polar surface area (TPSA) is 127 Å². The van der Waals surface area contributed by atoms with Crippen LogP contribution in [0, 0.1) is 22.0 Å². The Morgan fingerprint density at radius 2 is 2.14 bits per heavy atom. The number of nitro groups is 1. The number of carbonyl (C=O) groups excluding carboxylic acids is 1. The van der Waals surface area contributed by atoms with Crippen LogP contribution < -0.4 is 5.73 Å². The molecule has 1 fully saturated rings. The smallest absolute Gasteiger partial charge is 0.306 e. The van der Waals surface area contributed by atoms with E-state index in [4.69, 9.17) is 10.8 Å². The molecule has 1 saturated heterocycles. The number of para-hydroxylation sites is 1. The first-order valence-corrected chi connectivity index (χ1v) is 6.88. The van der Waals surface area contributed by atoms with Gasteiger partial charge in [0.1, 0.15) is 5.69 Å². The first-order chi connectivity index (χ1) is 10.3. The van der Waals surface area contributed by atoms with Crippen molar-refractivity contribution >= 4 is 23.3 Å². The van der Waals surface area contributed by atoms with Crippen molar-refractivity contribution in [2.45, 2.75) is 13.3 Å². The van der Waals surface area contributed by atoms with E-state index in [9.17, 15) is 19.7 Å². The minimum Gasteiger partial charge on any atom is -0.481 e. The number of benzene rings is 1. The van der Waals surface area contributed by atoms with Gasteiger partial charge in [0.2, 0.25) is 0 Å². The van der Waals surface area contributed by atoms with E-state index >= 15 is 0 Å². The zero-order chi connectivity index (χ0) is 16.4. The molecule has 22 heavy (non-hydrogen) atoms. The molecule has 1 aromatic carbocycles. The fourth-order valence-corrected chi connectivity index (χ4v) is 2.77. The summed E-state index contributed by atoms with van der Waals surface area (Å²) in [6, 6.07) is 4.10. The van der Waals surface area contributed by atoms with Crippen LogP contribution in [0.2, 0.25) is 0 Å². The van der Waals surface area contributed by atoms with Gasteiger partial charge in [-0.3, -0.25) is 19.7 Å². The van der Waals surface area contributed by atoms with Crippen molar-refractivity contribution in [1.82, 2.24) is 4.90 Å². The molecule has 8 nitrogen and oxygen atoms in total. The highest BCUT2D eigenvalue weighted by Crippen LogP contribution is 2.29. The van der Waals surface area contributed by atoms with Gasteiger partial charge in [0.15, 0.2) is 0 Å². The molecule has 0 saturated carbocycles. The van der Waals surface area contributed by atoms with Gasteiger partial charge in [-0.25, -0.2) is 0 Å². The van der Waals surface area contributed by atoms with Crippen LogP contribution in [0.4, 0.5) is 11.4 Å². The van der Waals surface area contributed by atoms with E-state index < -0.39 is 22.7 Å². The lowest BCUT2D eigenvalue weighted by Gasteiger charge is -2.35. The Morgan fingerprint density at radius 1 is 1.45 bits per heavy atom. The molecule has 1 aliphatic heterocycles. The molecule has 118 valence electrons. The summed E-state index contributed by atoms with van der Waals surface area (Å²) in [5, 5.41) is 20.0. The molecular weight excluding hydrogens is 290 g/mol. The van der Waals surface area contributed by atoms with Crippen LogP contribution in [0.15, 0.2) is 18.2 Å². The molecule has 2 unspecified atom stereocenters. The van der Waals surface area contributed by atoms with Gasteiger partial charge >= 0.3 is 5.97 Å². The van der Waals surface area contributed by atoms with E-state index in [1.807, 2.05) is 0 Å². The third-order valence-electron chi connectivity index (χ3n) is 4.02. The van der Waals surface area contributed by atoms with Crippen LogP contribution in [0.1, 0.15) is 23.7 Å². The van der Waals surface area contributed by atoms with E-state index in [1.54, 1.807) is 6.92 Å². The van der Waals surface area contributed by atoms with Crippen LogP contribution in [0.3, 0.4) is 0 Å². The highest BCUT2D eigenvalue weighted by molar-refractivity contribution is 6.01. The lowest BCUT2D eigenvalue weighted by Crippen LogP contribution is -2.45. The van der Waals surface area contributed by atoms with E-state index in [-0.39, 0.29) is 29.4 Å². The standard InChI is InChI=1S/C14H17N3O5/c1-8-7-16(6-5-9(8)14(19)20)13(18)10-3-2-4-11(12(10)15)17(21)22/h2-4,8-9H,5-7,15H2,1H3,(H,19,20). The SMILES string of the molecule is CC1CN(C(=O)c2cccc([N+](=O)[O-])c2N)CCC1C(=O)O. The molecule has 1 heterocycles. The van der Waals surface area contributed by atoms with Crippen LogP contribution in [-0.2, 0) is 4.79 Å². The number of nitrogens with two attached hydrogens (primary N) is 1. The predicted octanol–water partition coefficient (Wildman–Crippen LogP) is 1.36. The maximum Gasteiger partial charge on any atom is 0.306 e. The second-order valence-electron chi connectivity index (χ2n) is 5.46. The molecule has 0 aromatic heterocycles. The second kappa shape index (κ2) is 6.00. The first kappa shape index (κ1) is 15.7. The molecule has 3 N–H and O–H groups in total. The van der Waals surface area contributed by atoms with Gasteiger partial charge in [-0.15, -0.1) is 0 Å². The van der Waals surface area contributed by atoms with Crippen LogP contribution in [0.25, 0.3) is 0 Å². The summed E-state index contributed by atoms with van der Waals surface area (Å²) < 4.78 is 0. The fourth-order valence-electron chi connectivity index (χ4n) is 2.77. The molecule has 0 radical (unpaired) electrons. The van der Waals surface area contributed by atoms with Gasteiger partial charge in [0.25, 0.3) is 11.6 Å². The van der Waals surface area contributed by atoms with Gasteiger partial charge < -0.3 is 15.7 Å². The highest BCUT2D eigenvalue weighted by atomic mass is 16.6. The zero-order valence-electron chi connectivity index (χ0n) is 12.1. The Kier molecular flexibility index (Phi) is 4.30. The number of likely N-dealkylation sites (tertiary alicyclic amines) is 1. The lowest BCUT2D eigenvalue weighted by molar-refractivity contribution is -0.383. The number of piperidine rings is 1. The third kappa shape index (κ3) is 2.85. The normalized spacial score (nSPS) is 21.4. The molecule has 1 aromatic rings. The minimum atomic E-state index is -0.866. The predicted molar refractivity (Wildman–Crippen MR) is 78.3 cm³/mol. The summed E-state index contributed by atoms with van der Waals surface area (Å²) in [5.74, 6) is -1.94. The van der Waals surface area contributed by atoms with Gasteiger partial charge in [-0.2, -0.15) is 0 Å². The van der Waals surface area contributed by atoms with Crippen LogP contribution in [-0.4, -0.2) is 39.9 Å². The van der Waals surface area contributed by atoms with Crippen LogP contribution in [0.5, 0.6) is 0 Å². The number of hydrogen-bond acceptors (Lipinski definition) is 5.